The molecule has 3 heteroatoms. The number of hydrogen-bond donors (Lipinski definition) is 1. The van der Waals surface area contributed by atoms with Crippen molar-refractivity contribution in [2.24, 2.45) is 0 Å². The Morgan fingerprint density at radius 1 is 1.00 bits per heavy atom. The molecule has 0 aliphatic rings. The van der Waals surface area contributed by atoms with Gasteiger partial charge in [0.1, 0.15) is 0 Å². The highest BCUT2D eigenvalue weighted by atomic mass is 19.2. The fraction of sp³-hybridized carbons (Fsp3) is 0.294. The van der Waals surface area contributed by atoms with E-state index in [1.807, 2.05) is 24.3 Å². The molecule has 0 aliphatic carbocycles. The van der Waals surface area contributed by atoms with Crippen LogP contribution in [0.2, 0.25) is 0 Å². The lowest BCUT2D eigenvalue weighted by Crippen LogP contribution is -2.21. The molecule has 1 unspecified atom stereocenters. The molecule has 0 aromatic heterocycles. The first kappa shape index (κ1) is 14.7. The van der Waals surface area contributed by atoms with E-state index in [-0.39, 0.29) is 6.04 Å². The second-order valence-corrected chi connectivity index (χ2v) is 4.87. The van der Waals surface area contributed by atoms with E-state index in [0.717, 1.165) is 17.5 Å². The Bertz CT molecular complexity index is 608. The Kier molecular flexibility index (Phi) is 4.50. The molecule has 106 valence electrons. The molecule has 2 rings (SSSR count). The molecule has 0 fully saturated rings. The maximum atomic E-state index is 14.2. The van der Waals surface area contributed by atoms with Gasteiger partial charge < -0.3 is 5.32 Å². The van der Waals surface area contributed by atoms with Gasteiger partial charge in [-0.05, 0) is 37.1 Å². The van der Waals surface area contributed by atoms with Crippen LogP contribution in [0, 0.1) is 18.6 Å². The van der Waals surface area contributed by atoms with Crippen LogP contribution in [-0.4, -0.2) is 7.05 Å². The van der Waals surface area contributed by atoms with Crippen molar-refractivity contribution in [2.75, 3.05) is 7.05 Å². The van der Waals surface area contributed by atoms with Gasteiger partial charge in [0.25, 0.3) is 0 Å². The summed E-state index contributed by atoms with van der Waals surface area (Å²) >= 11 is 0. The molecule has 20 heavy (non-hydrogen) atoms. The number of halogens is 2. The van der Waals surface area contributed by atoms with E-state index in [2.05, 4.69) is 12.2 Å². The zero-order chi connectivity index (χ0) is 14.7. The van der Waals surface area contributed by atoms with Gasteiger partial charge >= 0.3 is 0 Å². The van der Waals surface area contributed by atoms with Crippen LogP contribution in [0.25, 0.3) is 0 Å². The highest BCUT2D eigenvalue weighted by Gasteiger charge is 2.21. The van der Waals surface area contributed by atoms with Gasteiger partial charge in [0.15, 0.2) is 11.6 Å². The van der Waals surface area contributed by atoms with Gasteiger partial charge in [-0.2, -0.15) is 0 Å². The van der Waals surface area contributed by atoms with Crippen LogP contribution >= 0.6 is 0 Å². The molecule has 0 saturated carbocycles. The monoisotopic (exact) mass is 275 g/mol. The number of nitrogens with one attached hydrogen (secondary N) is 1. The molecule has 1 nitrogen and oxygen atoms in total. The van der Waals surface area contributed by atoms with Crippen LogP contribution in [0.4, 0.5) is 8.78 Å². The molecule has 2 aromatic rings. The highest BCUT2D eigenvalue weighted by molar-refractivity contribution is 5.39. The second kappa shape index (κ2) is 6.14. The van der Waals surface area contributed by atoms with Crippen LogP contribution in [0.15, 0.2) is 36.4 Å². The number of hydrogen-bond acceptors (Lipinski definition) is 1. The molecule has 0 saturated heterocycles. The minimum atomic E-state index is -0.768. The molecule has 0 radical (unpaired) electrons. The molecule has 1 N–H and O–H groups in total. The molecule has 2 aromatic carbocycles. The molecule has 0 amide bonds. The van der Waals surface area contributed by atoms with E-state index >= 15 is 0 Å². The third kappa shape index (κ3) is 2.59. The summed E-state index contributed by atoms with van der Waals surface area (Å²) in [5, 5.41) is 3.09. The summed E-state index contributed by atoms with van der Waals surface area (Å²) < 4.78 is 28.0. The predicted molar refractivity (Wildman–Crippen MR) is 77.8 cm³/mol. The molecule has 1 atom stereocenters. The maximum Gasteiger partial charge on any atom is 0.164 e. The van der Waals surface area contributed by atoms with Gasteiger partial charge in [-0.15, -0.1) is 0 Å². The van der Waals surface area contributed by atoms with Crippen LogP contribution in [0.3, 0.4) is 0 Å². The van der Waals surface area contributed by atoms with Crippen molar-refractivity contribution in [1.29, 1.82) is 0 Å². The minimum Gasteiger partial charge on any atom is -0.309 e. The van der Waals surface area contributed by atoms with Crippen molar-refractivity contribution in [3.05, 3.63) is 70.3 Å². The van der Waals surface area contributed by atoms with Crippen molar-refractivity contribution in [2.45, 2.75) is 26.3 Å². The SMILES string of the molecule is CCc1ccccc1C(NC)c1ccc(C)c(F)c1F. The van der Waals surface area contributed by atoms with E-state index < -0.39 is 11.6 Å². The van der Waals surface area contributed by atoms with Gasteiger partial charge in [-0.25, -0.2) is 8.78 Å². The van der Waals surface area contributed by atoms with Crippen molar-refractivity contribution < 1.29 is 8.78 Å². The summed E-state index contributed by atoms with van der Waals surface area (Å²) in [6.07, 6.45) is 0.852. The van der Waals surface area contributed by atoms with Gasteiger partial charge in [-0.1, -0.05) is 43.3 Å². The molecule has 0 heterocycles. The van der Waals surface area contributed by atoms with Gasteiger partial charge in [0.2, 0.25) is 0 Å². The highest BCUT2D eigenvalue weighted by Crippen LogP contribution is 2.29. The second-order valence-electron chi connectivity index (χ2n) is 4.87. The summed E-state index contributed by atoms with van der Waals surface area (Å²) in [5.74, 6) is -1.54. The first-order valence-corrected chi connectivity index (χ1v) is 6.79. The van der Waals surface area contributed by atoms with Crippen LogP contribution < -0.4 is 5.32 Å². The van der Waals surface area contributed by atoms with Crippen LogP contribution in [-0.2, 0) is 6.42 Å². The minimum absolute atomic E-state index is 0.324. The summed E-state index contributed by atoms with van der Waals surface area (Å²) in [7, 11) is 1.76. The van der Waals surface area contributed by atoms with Crippen molar-refractivity contribution in [3.8, 4) is 0 Å². The van der Waals surface area contributed by atoms with E-state index in [1.54, 1.807) is 26.1 Å². The average molecular weight is 275 g/mol. The Hall–Kier alpha value is -1.74. The van der Waals surface area contributed by atoms with E-state index in [4.69, 9.17) is 0 Å². The number of aryl methyl sites for hydroxylation is 2. The fourth-order valence-electron chi connectivity index (χ4n) is 2.50. The van der Waals surface area contributed by atoms with Crippen LogP contribution in [0.5, 0.6) is 0 Å². The van der Waals surface area contributed by atoms with Crippen molar-refractivity contribution in [3.63, 3.8) is 0 Å². The Balaban J connectivity index is 2.56. The van der Waals surface area contributed by atoms with Crippen molar-refractivity contribution in [1.82, 2.24) is 5.32 Å². The average Bonchev–Trinajstić information content (AvgIpc) is 2.48. The fourth-order valence-corrected chi connectivity index (χ4v) is 2.50. The van der Waals surface area contributed by atoms with E-state index in [9.17, 15) is 8.78 Å². The largest absolute Gasteiger partial charge is 0.309 e. The first-order valence-electron chi connectivity index (χ1n) is 6.79. The van der Waals surface area contributed by atoms with E-state index in [0.29, 0.717) is 11.1 Å². The quantitative estimate of drug-likeness (QED) is 0.884. The Morgan fingerprint density at radius 2 is 1.70 bits per heavy atom. The summed E-state index contributed by atoms with van der Waals surface area (Å²) in [5.41, 5.74) is 2.79. The predicted octanol–water partition coefficient (Wildman–Crippen LogP) is 4.14. The normalized spacial score (nSPS) is 12.4. The molecule has 0 bridgehead atoms. The van der Waals surface area contributed by atoms with E-state index in [1.165, 1.54) is 0 Å². The summed E-state index contributed by atoms with van der Waals surface area (Å²) in [6.45, 7) is 3.62. The third-order valence-electron chi connectivity index (χ3n) is 3.65. The van der Waals surface area contributed by atoms with Gasteiger partial charge in [-0.3, -0.25) is 0 Å². The Labute approximate surface area is 118 Å². The summed E-state index contributed by atoms with van der Waals surface area (Å²) in [6, 6.07) is 10.8. The first-order chi connectivity index (χ1) is 9.60. The van der Waals surface area contributed by atoms with Crippen LogP contribution in [0.1, 0.15) is 35.2 Å². The molecular formula is C17H19F2N. The smallest absolute Gasteiger partial charge is 0.164 e. The third-order valence-corrected chi connectivity index (χ3v) is 3.65. The zero-order valence-electron chi connectivity index (χ0n) is 12.0. The summed E-state index contributed by atoms with van der Waals surface area (Å²) in [4.78, 5) is 0. The topological polar surface area (TPSA) is 12.0 Å². The number of rotatable bonds is 4. The lowest BCUT2D eigenvalue weighted by atomic mass is 9.92. The maximum absolute atomic E-state index is 14.2. The Morgan fingerprint density at radius 3 is 2.35 bits per heavy atom. The zero-order valence-corrected chi connectivity index (χ0v) is 12.0. The molecular weight excluding hydrogens is 256 g/mol. The lowest BCUT2D eigenvalue weighted by Gasteiger charge is -2.21. The van der Waals surface area contributed by atoms with Gasteiger partial charge in [0.05, 0.1) is 6.04 Å². The lowest BCUT2D eigenvalue weighted by molar-refractivity contribution is 0.482. The number of benzene rings is 2. The van der Waals surface area contributed by atoms with Gasteiger partial charge in [0, 0.05) is 5.56 Å². The molecule has 0 aliphatic heterocycles. The standard InChI is InChI=1S/C17H19F2N/c1-4-12-7-5-6-8-13(12)17(20-3)14-10-9-11(2)15(18)16(14)19/h5-10,17,20H,4H2,1-3H3. The van der Waals surface area contributed by atoms with Crippen molar-refractivity contribution >= 4 is 0 Å². The molecule has 0 spiro atoms.